The van der Waals surface area contributed by atoms with Gasteiger partial charge in [-0.15, -0.1) is 0 Å². The van der Waals surface area contributed by atoms with Gasteiger partial charge in [-0.3, -0.25) is 0 Å². The highest BCUT2D eigenvalue weighted by Gasteiger charge is 2.39. The van der Waals surface area contributed by atoms with Crippen molar-refractivity contribution < 1.29 is 4.74 Å². The smallest absolute Gasteiger partial charge is 0.0465 e. The maximum absolute atomic E-state index is 5.13. The van der Waals surface area contributed by atoms with Crippen LogP contribution in [0.3, 0.4) is 0 Å². The predicted octanol–water partition coefficient (Wildman–Crippen LogP) is 3.10. The fraction of sp³-hybridized carbons (Fsp3) is 1.00. The molecule has 1 saturated carbocycles. The van der Waals surface area contributed by atoms with Crippen molar-refractivity contribution in [3.8, 4) is 0 Å². The molecule has 0 saturated heterocycles. The zero-order chi connectivity index (χ0) is 9.19. The molecule has 12 heavy (non-hydrogen) atoms. The van der Waals surface area contributed by atoms with Gasteiger partial charge in [-0.1, -0.05) is 20.8 Å². The third-order valence-electron chi connectivity index (χ3n) is 3.94. The minimum Gasteiger partial charge on any atom is -0.385 e. The Balaban J connectivity index is 2.44. The third kappa shape index (κ3) is 1.82. The fourth-order valence-electron chi connectivity index (χ4n) is 2.37. The van der Waals surface area contributed by atoms with Crippen LogP contribution in [-0.2, 0) is 4.74 Å². The van der Waals surface area contributed by atoms with E-state index >= 15 is 0 Å². The Bertz CT molecular complexity index is 140. The Morgan fingerprint density at radius 3 is 2.42 bits per heavy atom. The molecule has 1 rings (SSSR count). The molecule has 1 nitrogen and oxygen atoms in total. The molecule has 0 aliphatic heterocycles. The van der Waals surface area contributed by atoms with E-state index in [0.29, 0.717) is 5.41 Å². The number of hydrogen-bond donors (Lipinski definition) is 0. The van der Waals surface area contributed by atoms with Gasteiger partial charge in [0.2, 0.25) is 0 Å². The van der Waals surface area contributed by atoms with E-state index in [1.54, 1.807) is 7.11 Å². The number of ether oxygens (including phenoxy) is 1. The Morgan fingerprint density at radius 1 is 1.33 bits per heavy atom. The molecule has 0 spiro atoms. The molecular weight excluding hydrogens is 148 g/mol. The lowest BCUT2D eigenvalue weighted by molar-refractivity contribution is 0.128. The van der Waals surface area contributed by atoms with E-state index < -0.39 is 0 Å². The minimum atomic E-state index is 0.540. The Labute approximate surface area is 76.5 Å². The van der Waals surface area contributed by atoms with Gasteiger partial charge in [-0.25, -0.2) is 0 Å². The van der Waals surface area contributed by atoms with Gasteiger partial charge >= 0.3 is 0 Å². The first-order valence-electron chi connectivity index (χ1n) is 5.08. The molecule has 2 unspecified atom stereocenters. The summed E-state index contributed by atoms with van der Waals surface area (Å²) in [5.41, 5.74) is 0.540. The molecule has 1 aliphatic carbocycles. The maximum atomic E-state index is 5.13. The van der Waals surface area contributed by atoms with Gasteiger partial charge in [0.25, 0.3) is 0 Å². The molecule has 0 aromatic carbocycles. The van der Waals surface area contributed by atoms with E-state index in [2.05, 4.69) is 20.8 Å². The number of rotatable bonds is 3. The first-order chi connectivity index (χ1) is 5.59. The highest BCUT2D eigenvalue weighted by Crippen LogP contribution is 2.48. The van der Waals surface area contributed by atoms with Crippen LogP contribution in [0.25, 0.3) is 0 Å². The standard InChI is InChI=1S/C11H22O/c1-9-5-6-10(7-8-12-4)11(9,2)3/h9-10H,5-8H2,1-4H3. The lowest BCUT2D eigenvalue weighted by atomic mass is 9.75. The van der Waals surface area contributed by atoms with Crippen molar-refractivity contribution in [2.75, 3.05) is 13.7 Å². The summed E-state index contributed by atoms with van der Waals surface area (Å²) in [4.78, 5) is 0. The van der Waals surface area contributed by atoms with Crippen molar-refractivity contribution in [3.63, 3.8) is 0 Å². The second kappa shape index (κ2) is 3.78. The number of methoxy groups -OCH3 is 1. The van der Waals surface area contributed by atoms with Gasteiger partial charge in [0.05, 0.1) is 0 Å². The summed E-state index contributed by atoms with van der Waals surface area (Å²) >= 11 is 0. The molecule has 0 N–H and O–H groups in total. The summed E-state index contributed by atoms with van der Waals surface area (Å²) in [5.74, 6) is 1.77. The molecular formula is C11H22O. The van der Waals surface area contributed by atoms with Crippen LogP contribution in [-0.4, -0.2) is 13.7 Å². The van der Waals surface area contributed by atoms with Crippen molar-refractivity contribution in [2.45, 2.75) is 40.0 Å². The van der Waals surface area contributed by atoms with Gasteiger partial charge in [-0.2, -0.15) is 0 Å². The highest BCUT2D eigenvalue weighted by atomic mass is 16.5. The molecule has 0 radical (unpaired) electrons. The van der Waals surface area contributed by atoms with Gasteiger partial charge in [0, 0.05) is 13.7 Å². The second-order valence-electron chi connectivity index (χ2n) is 4.78. The van der Waals surface area contributed by atoms with E-state index in [1.807, 2.05) is 0 Å². The quantitative estimate of drug-likeness (QED) is 0.632. The van der Waals surface area contributed by atoms with Crippen LogP contribution in [0.15, 0.2) is 0 Å². The monoisotopic (exact) mass is 170 g/mol. The molecule has 1 fully saturated rings. The largest absolute Gasteiger partial charge is 0.385 e. The van der Waals surface area contributed by atoms with Crippen LogP contribution in [0.2, 0.25) is 0 Å². The van der Waals surface area contributed by atoms with Crippen molar-refractivity contribution in [3.05, 3.63) is 0 Å². The minimum absolute atomic E-state index is 0.540. The summed E-state index contributed by atoms with van der Waals surface area (Å²) in [6.07, 6.45) is 4.05. The molecule has 0 aromatic heterocycles. The SMILES string of the molecule is COCCC1CCC(C)C1(C)C. The Morgan fingerprint density at radius 2 is 2.00 bits per heavy atom. The van der Waals surface area contributed by atoms with Gasteiger partial charge in [-0.05, 0) is 36.5 Å². The predicted molar refractivity (Wildman–Crippen MR) is 52.2 cm³/mol. The van der Waals surface area contributed by atoms with Crippen LogP contribution in [0.1, 0.15) is 40.0 Å². The average molecular weight is 170 g/mol. The normalized spacial score (nSPS) is 34.0. The Kier molecular flexibility index (Phi) is 3.16. The summed E-state index contributed by atoms with van der Waals surface area (Å²) in [5, 5.41) is 0. The van der Waals surface area contributed by atoms with Crippen LogP contribution in [0, 0.1) is 17.3 Å². The molecule has 1 heteroatoms. The lowest BCUT2D eigenvalue weighted by Gasteiger charge is -2.31. The van der Waals surface area contributed by atoms with E-state index in [9.17, 15) is 0 Å². The molecule has 0 bridgehead atoms. The van der Waals surface area contributed by atoms with Crippen LogP contribution in [0.4, 0.5) is 0 Å². The molecule has 1 aliphatic rings. The number of hydrogen-bond acceptors (Lipinski definition) is 1. The van der Waals surface area contributed by atoms with Crippen molar-refractivity contribution >= 4 is 0 Å². The molecule has 72 valence electrons. The molecule has 2 atom stereocenters. The fourth-order valence-corrected chi connectivity index (χ4v) is 2.37. The van der Waals surface area contributed by atoms with Crippen LogP contribution in [0.5, 0.6) is 0 Å². The van der Waals surface area contributed by atoms with Crippen LogP contribution >= 0.6 is 0 Å². The highest BCUT2D eigenvalue weighted by molar-refractivity contribution is 4.89. The van der Waals surface area contributed by atoms with Crippen molar-refractivity contribution in [2.24, 2.45) is 17.3 Å². The van der Waals surface area contributed by atoms with E-state index in [0.717, 1.165) is 18.4 Å². The van der Waals surface area contributed by atoms with E-state index in [1.165, 1.54) is 19.3 Å². The first-order valence-corrected chi connectivity index (χ1v) is 5.08. The van der Waals surface area contributed by atoms with Crippen LogP contribution < -0.4 is 0 Å². The first kappa shape index (κ1) is 10.0. The van der Waals surface area contributed by atoms with Crippen molar-refractivity contribution in [1.29, 1.82) is 0 Å². The van der Waals surface area contributed by atoms with E-state index in [4.69, 9.17) is 4.74 Å². The van der Waals surface area contributed by atoms with Gasteiger partial charge < -0.3 is 4.74 Å². The molecule has 0 amide bonds. The topological polar surface area (TPSA) is 9.23 Å². The molecule has 0 aromatic rings. The van der Waals surface area contributed by atoms with Gasteiger partial charge in [0.15, 0.2) is 0 Å². The summed E-state index contributed by atoms with van der Waals surface area (Å²) in [7, 11) is 1.80. The zero-order valence-corrected chi connectivity index (χ0v) is 8.89. The maximum Gasteiger partial charge on any atom is 0.0465 e. The summed E-state index contributed by atoms with van der Waals surface area (Å²) < 4.78 is 5.13. The summed E-state index contributed by atoms with van der Waals surface area (Å²) in [6.45, 7) is 8.13. The lowest BCUT2D eigenvalue weighted by Crippen LogP contribution is -2.24. The van der Waals surface area contributed by atoms with Crippen molar-refractivity contribution in [1.82, 2.24) is 0 Å². The Hall–Kier alpha value is -0.0400. The van der Waals surface area contributed by atoms with Gasteiger partial charge in [0.1, 0.15) is 0 Å². The van der Waals surface area contributed by atoms with E-state index in [-0.39, 0.29) is 0 Å². The average Bonchev–Trinajstić information content (AvgIpc) is 2.25. The zero-order valence-electron chi connectivity index (χ0n) is 8.89. The second-order valence-corrected chi connectivity index (χ2v) is 4.78. The summed E-state index contributed by atoms with van der Waals surface area (Å²) in [6, 6.07) is 0. The molecule has 0 heterocycles. The third-order valence-corrected chi connectivity index (χ3v) is 3.94.